The third-order valence-corrected chi connectivity index (χ3v) is 6.77. The van der Waals surface area contributed by atoms with Crippen molar-refractivity contribution in [1.29, 1.82) is 0 Å². The highest BCUT2D eigenvalue weighted by Gasteiger charge is 2.28. The molecular weight excluding hydrogens is 460 g/mol. The van der Waals surface area contributed by atoms with Crippen molar-refractivity contribution >= 4 is 29.1 Å². The molecule has 8 heteroatoms. The molecule has 35 heavy (non-hydrogen) atoms. The number of fused-ring (bicyclic) bond motifs is 1. The SMILES string of the molecule is CCN(C)c1nc(Nc2ccc(-n3cnc(Cl)c3)c(OC)c2)nc2c1CCC[C@@H]2c1ccccc1. The molecule has 0 aliphatic heterocycles. The summed E-state index contributed by atoms with van der Waals surface area (Å²) in [5.41, 5.74) is 5.36. The zero-order valence-corrected chi connectivity index (χ0v) is 21.0. The van der Waals surface area contributed by atoms with Crippen molar-refractivity contribution in [1.82, 2.24) is 19.5 Å². The predicted molar refractivity (Wildman–Crippen MR) is 141 cm³/mol. The fourth-order valence-corrected chi connectivity index (χ4v) is 4.85. The summed E-state index contributed by atoms with van der Waals surface area (Å²) in [4.78, 5) is 16.3. The minimum atomic E-state index is 0.260. The van der Waals surface area contributed by atoms with Gasteiger partial charge in [0.1, 0.15) is 23.0 Å². The largest absolute Gasteiger partial charge is 0.494 e. The Morgan fingerprint density at radius 1 is 1.17 bits per heavy atom. The van der Waals surface area contributed by atoms with Gasteiger partial charge in [0, 0.05) is 43.0 Å². The summed E-state index contributed by atoms with van der Waals surface area (Å²) in [6, 6.07) is 16.5. The molecule has 180 valence electrons. The normalized spacial score (nSPS) is 14.9. The first kappa shape index (κ1) is 23.2. The van der Waals surface area contributed by atoms with Gasteiger partial charge in [-0.1, -0.05) is 41.9 Å². The molecule has 2 aromatic carbocycles. The number of hydrogen-bond donors (Lipinski definition) is 1. The van der Waals surface area contributed by atoms with Crippen LogP contribution < -0.4 is 15.0 Å². The number of benzene rings is 2. The Labute approximate surface area is 210 Å². The van der Waals surface area contributed by atoms with Gasteiger partial charge in [-0.3, -0.25) is 0 Å². The highest BCUT2D eigenvalue weighted by molar-refractivity contribution is 6.29. The minimum Gasteiger partial charge on any atom is -0.494 e. The first-order valence-corrected chi connectivity index (χ1v) is 12.3. The zero-order valence-electron chi connectivity index (χ0n) is 20.2. The van der Waals surface area contributed by atoms with Crippen LogP contribution in [0.25, 0.3) is 5.69 Å². The average Bonchev–Trinajstić information content (AvgIpc) is 3.33. The van der Waals surface area contributed by atoms with Gasteiger partial charge in [0.15, 0.2) is 0 Å². The van der Waals surface area contributed by atoms with Crippen LogP contribution in [0.3, 0.4) is 0 Å². The van der Waals surface area contributed by atoms with E-state index in [1.165, 1.54) is 11.1 Å². The third-order valence-electron chi connectivity index (χ3n) is 6.57. The topological polar surface area (TPSA) is 68.1 Å². The number of nitrogens with one attached hydrogen (secondary N) is 1. The first-order chi connectivity index (χ1) is 17.1. The van der Waals surface area contributed by atoms with Gasteiger partial charge in [-0.05, 0) is 43.9 Å². The van der Waals surface area contributed by atoms with E-state index in [-0.39, 0.29) is 5.92 Å². The van der Waals surface area contributed by atoms with Gasteiger partial charge in [-0.2, -0.15) is 4.98 Å². The molecule has 0 fully saturated rings. The maximum atomic E-state index is 6.01. The summed E-state index contributed by atoms with van der Waals surface area (Å²) >= 11 is 6.01. The number of imidazole rings is 1. The van der Waals surface area contributed by atoms with E-state index >= 15 is 0 Å². The second-order valence-electron chi connectivity index (χ2n) is 8.72. The van der Waals surface area contributed by atoms with Gasteiger partial charge >= 0.3 is 0 Å². The van der Waals surface area contributed by atoms with Gasteiger partial charge in [-0.15, -0.1) is 0 Å². The molecule has 0 bridgehead atoms. The number of hydrogen-bond acceptors (Lipinski definition) is 6. The second-order valence-corrected chi connectivity index (χ2v) is 9.11. The summed E-state index contributed by atoms with van der Waals surface area (Å²) in [6.45, 7) is 3.01. The van der Waals surface area contributed by atoms with Crippen molar-refractivity contribution in [3.8, 4) is 11.4 Å². The van der Waals surface area contributed by atoms with E-state index in [9.17, 15) is 0 Å². The molecular formula is C27H29ClN6O. The molecule has 0 unspecified atom stereocenters. The van der Waals surface area contributed by atoms with E-state index in [2.05, 4.69) is 59.5 Å². The van der Waals surface area contributed by atoms with Crippen LogP contribution >= 0.6 is 11.6 Å². The van der Waals surface area contributed by atoms with Crippen LogP contribution in [0.15, 0.2) is 61.1 Å². The average molecular weight is 489 g/mol. The molecule has 5 rings (SSSR count). The van der Waals surface area contributed by atoms with Crippen LogP contribution in [0.5, 0.6) is 5.75 Å². The Kier molecular flexibility index (Phi) is 6.59. The maximum Gasteiger partial charge on any atom is 0.229 e. The van der Waals surface area contributed by atoms with Crippen molar-refractivity contribution in [2.24, 2.45) is 0 Å². The third kappa shape index (κ3) is 4.68. The summed E-state index contributed by atoms with van der Waals surface area (Å²) < 4.78 is 7.48. The van der Waals surface area contributed by atoms with Crippen LogP contribution in [0.1, 0.15) is 42.5 Å². The van der Waals surface area contributed by atoms with E-state index < -0.39 is 0 Å². The maximum absolute atomic E-state index is 6.01. The highest BCUT2D eigenvalue weighted by atomic mass is 35.5. The number of nitrogens with zero attached hydrogens (tertiary/aromatic N) is 5. The first-order valence-electron chi connectivity index (χ1n) is 11.9. The van der Waals surface area contributed by atoms with Crippen LogP contribution in [-0.4, -0.2) is 40.2 Å². The standard InChI is InChI=1S/C27H29ClN6O/c1-4-33(2)26-21-12-8-11-20(18-9-6-5-7-10-18)25(21)31-27(32-26)30-19-13-14-22(23(15-19)35-3)34-16-24(28)29-17-34/h5-7,9-10,13-17,20H,4,8,11-12H2,1-3H3,(H,30,31,32)/t20-/m1/s1. The molecule has 2 aromatic heterocycles. The molecule has 1 aliphatic carbocycles. The molecule has 1 aliphatic rings. The lowest BCUT2D eigenvalue weighted by atomic mass is 9.82. The summed E-state index contributed by atoms with van der Waals surface area (Å²) in [6.07, 6.45) is 6.61. The van der Waals surface area contributed by atoms with Crippen molar-refractivity contribution in [2.75, 3.05) is 30.9 Å². The minimum absolute atomic E-state index is 0.260. The Bertz CT molecular complexity index is 1320. The van der Waals surface area contributed by atoms with Crippen molar-refractivity contribution in [2.45, 2.75) is 32.1 Å². The summed E-state index contributed by atoms with van der Waals surface area (Å²) in [5, 5.41) is 3.85. The molecule has 2 heterocycles. The van der Waals surface area contributed by atoms with Crippen LogP contribution in [-0.2, 0) is 6.42 Å². The van der Waals surface area contributed by atoms with Crippen LogP contribution in [0.4, 0.5) is 17.5 Å². The smallest absolute Gasteiger partial charge is 0.229 e. The molecule has 1 N–H and O–H groups in total. The molecule has 0 radical (unpaired) electrons. The van der Waals surface area contributed by atoms with Gasteiger partial charge in [0.25, 0.3) is 0 Å². The fraction of sp³-hybridized carbons (Fsp3) is 0.296. The molecule has 0 amide bonds. The lowest BCUT2D eigenvalue weighted by molar-refractivity contribution is 0.413. The second kappa shape index (κ2) is 9.96. The summed E-state index contributed by atoms with van der Waals surface area (Å²) in [5.74, 6) is 2.53. The van der Waals surface area contributed by atoms with Gasteiger partial charge in [0.05, 0.1) is 18.5 Å². The van der Waals surface area contributed by atoms with E-state index in [0.717, 1.165) is 48.7 Å². The lowest BCUT2D eigenvalue weighted by Crippen LogP contribution is -2.24. The number of aromatic nitrogens is 4. The van der Waals surface area contributed by atoms with Crippen LogP contribution in [0.2, 0.25) is 5.15 Å². The van der Waals surface area contributed by atoms with Gasteiger partial charge in [-0.25, -0.2) is 9.97 Å². The quantitative estimate of drug-likeness (QED) is 0.344. The Morgan fingerprint density at radius 3 is 2.71 bits per heavy atom. The van der Waals surface area contributed by atoms with Crippen molar-refractivity contribution < 1.29 is 4.74 Å². The molecule has 0 spiro atoms. The van der Waals surface area contributed by atoms with Crippen molar-refractivity contribution in [3.05, 3.63) is 83.0 Å². The number of ether oxygens (including phenoxy) is 1. The van der Waals surface area contributed by atoms with E-state index in [4.69, 9.17) is 26.3 Å². The van der Waals surface area contributed by atoms with Gasteiger partial charge in [0.2, 0.25) is 5.95 Å². The Balaban J connectivity index is 1.54. The van der Waals surface area contributed by atoms with E-state index in [0.29, 0.717) is 16.9 Å². The number of anilines is 3. The monoisotopic (exact) mass is 488 g/mol. The van der Waals surface area contributed by atoms with Gasteiger partial charge < -0.3 is 19.5 Å². The molecule has 7 nitrogen and oxygen atoms in total. The van der Waals surface area contributed by atoms with Crippen molar-refractivity contribution in [3.63, 3.8) is 0 Å². The summed E-state index contributed by atoms with van der Waals surface area (Å²) in [7, 11) is 3.74. The molecule has 4 aromatic rings. The molecule has 1 atom stereocenters. The van der Waals surface area contributed by atoms with E-state index in [1.807, 2.05) is 22.8 Å². The molecule has 0 saturated carbocycles. The number of halogens is 1. The molecule has 0 saturated heterocycles. The highest BCUT2D eigenvalue weighted by Crippen LogP contribution is 2.40. The van der Waals surface area contributed by atoms with Crippen LogP contribution in [0, 0.1) is 0 Å². The zero-order chi connectivity index (χ0) is 24.4. The number of methoxy groups -OCH3 is 1. The Morgan fingerprint density at radius 2 is 2.00 bits per heavy atom. The predicted octanol–water partition coefficient (Wildman–Crippen LogP) is 5.99. The van der Waals surface area contributed by atoms with E-state index in [1.54, 1.807) is 19.6 Å². The Hall–Kier alpha value is -3.58. The number of rotatable bonds is 7. The lowest BCUT2D eigenvalue weighted by Gasteiger charge is -2.29. The fourth-order valence-electron chi connectivity index (χ4n) is 4.70.